The lowest BCUT2D eigenvalue weighted by Crippen LogP contribution is -2.23. The number of amides is 1. The molecule has 0 radical (unpaired) electrons. The minimum absolute atomic E-state index is 0.0717. The maximum atomic E-state index is 12.2. The van der Waals surface area contributed by atoms with E-state index < -0.39 is 0 Å². The Hall–Kier alpha value is -1.97. The maximum absolute atomic E-state index is 12.2. The second kappa shape index (κ2) is 6.88. The van der Waals surface area contributed by atoms with E-state index in [0.29, 0.717) is 16.3 Å². The van der Waals surface area contributed by atoms with E-state index >= 15 is 0 Å². The van der Waals surface area contributed by atoms with E-state index in [1.807, 2.05) is 30.0 Å². The number of benzene rings is 1. The molecule has 1 aliphatic rings. The van der Waals surface area contributed by atoms with Gasteiger partial charge in [0.05, 0.1) is 5.56 Å². The van der Waals surface area contributed by atoms with Crippen LogP contribution in [0.3, 0.4) is 0 Å². The lowest BCUT2D eigenvalue weighted by atomic mass is 9.98. The highest BCUT2D eigenvalue weighted by molar-refractivity contribution is 8.00. The summed E-state index contributed by atoms with van der Waals surface area (Å²) in [6.45, 7) is 4.30. The molecular formula is C18H18N2O2S2. The Kier molecular flexibility index (Phi) is 4.83. The fraction of sp³-hybridized carbons (Fsp3) is 0.333. The number of rotatable bonds is 4. The van der Waals surface area contributed by atoms with Crippen LogP contribution < -0.4 is 10.1 Å². The van der Waals surface area contributed by atoms with Gasteiger partial charge in [0.15, 0.2) is 6.61 Å². The molecule has 124 valence electrons. The van der Waals surface area contributed by atoms with Crippen LogP contribution >= 0.6 is 23.1 Å². The first-order chi connectivity index (χ1) is 11.5. The van der Waals surface area contributed by atoms with Gasteiger partial charge in [-0.1, -0.05) is 32.0 Å². The number of thiophene rings is 1. The van der Waals surface area contributed by atoms with E-state index in [2.05, 4.69) is 25.2 Å². The van der Waals surface area contributed by atoms with E-state index in [9.17, 15) is 10.1 Å². The van der Waals surface area contributed by atoms with Crippen LogP contribution in [0.25, 0.3) is 0 Å². The standard InChI is InChI=1S/C18H18N2O2S2/c1-18(2)8-13-14(9-19)17(24-15(13)11-23-18)20-16(21)10-22-12-6-4-3-5-7-12/h3-7H,8,10-11H2,1-2H3,(H,20,21). The van der Waals surface area contributed by atoms with Gasteiger partial charge in [0.1, 0.15) is 16.8 Å². The molecule has 1 aromatic carbocycles. The molecule has 1 aliphatic heterocycles. The number of carbonyl (C=O) groups excluding carboxylic acids is 1. The SMILES string of the molecule is CC1(C)Cc2c(sc(NC(=O)COc3ccccc3)c2C#N)CS1. The smallest absolute Gasteiger partial charge is 0.262 e. The molecule has 0 saturated heterocycles. The number of nitrogens with zero attached hydrogens (tertiary/aromatic N) is 1. The number of hydrogen-bond acceptors (Lipinski definition) is 5. The molecule has 3 rings (SSSR count). The van der Waals surface area contributed by atoms with Crippen molar-refractivity contribution in [2.45, 2.75) is 30.8 Å². The highest BCUT2D eigenvalue weighted by Crippen LogP contribution is 2.45. The quantitative estimate of drug-likeness (QED) is 0.889. The van der Waals surface area contributed by atoms with Crippen molar-refractivity contribution in [2.75, 3.05) is 11.9 Å². The molecular weight excluding hydrogens is 340 g/mol. The van der Waals surface area contributed by atoms with Gasteiger partial charge in [-0.05, 0) is 24.1 Å². The second-order valence-electron chi connectivity index (χ2n) is 6.19. The van der Waals surface area contributed by atoms with Gasteiger partial charge in [0.2, 0.25) is 0 Å². The molecule has 1 aromatic heterocycles. The molecule has 0 spiro atoms. The fourth-order valence-electron chi connectivity index (χ4n) is 2.59. The summed E-state index contributed by atoms with van der Waals surface area (Å²) in [4.78, 5) is 13.3. The third-order valence-electron chi connectivity index (χ3n) is 3.77. The average molecular weight is 358 g/mol. The maximum Gasteiger partial charge on any atom is 0.262 e. The summed E-state index contributed by atoms with van der Waals surface area (Å²) in [6.07, 6.45) is 0.850. The van der Waals surface area contributed by atoms with Crippen LogP contribution in [0.2, 0.25) is 0 Å². The first kappa shape index (κ1) is 16.9. The van der Waals surface area contributed by atoms with Gasteiger partial charge >= 0.3 is 0 Å². The lowest BCUT2D eigenvalue weighted by molar-refractivity contribution is -0.118. The van der Waals surface area contributed by atoms with Gasteiger partial charge in [-0.3, -0.25) is 4.79 Å². The molecule has 4 nitrogen and oxygen atoms in total. The zero-order chi connectivity index (χ0) is 17.2. The van der Waals surface area contributed by atoms with E-state index in [4.69, 9.17) is 4.74 Å². The van der Waals surface area contributed by atoms with Crippen molar-refractivity contribution < 1.29 is 9.53 Å². The minimum atomic E-state index is -0.249. The predicted molar refractivity (Wildman–Crippen MR) is 98.7 cm³/mol. The van der Waals surface area contributed by atoms with Crippen LogP contribution in [0.4, 0.5) is 5.00 Å². The molecule has 24 heavy (non-hydrogen) atoms. The number of thioether (sulfide) groups is 1. The zero-order valence-corrected chi connectivity index (χ0v) is 15.2. The Morgan fingerprint density at radius 3 is 2.83 bits per heavy atom. The van der Waals surface area contributed by atoms with Crippen LogP contribution in [0.15, 0.2) is 30.3 Å². The van der Waals surface area contributed by atoms with Crippen LogP contribution in [-0.2, 0) is 17.0 Å². The molecule has 1 amide bonds. The normalized spacial score (nSPS) is 15.2. The van der Waals surface area contributed by atoms with Crippen molar-refractivity contribution >= 4 is 34.0 Å². The highest BCUT2D eigenvalue weighted by atomic mass is 32.2. The molecule has 1 N–H and O–H groups in total. The van der Waals surface area contributed by atoms with Crippen molar-refractivity contribution in [3.8, 4) is 11.8 Å². The van der Waals surface area contributed by atoms with E-state index in [1.54, 1.807) is 12.1 Å². The first-order valence-electron chi connectivity index (χ1n) is 7.65. The minimum Gasteiger partial charge on any atom is -0.484 e. The van der Waals surface area contributed by atoms with Crippen molar-refractivity contribution in [2.24, 2.45) is 0 Å². The summed E-state index contributed by atoms with van der Waals surface area (Å²) in [6, 6.07) is 11.5. The van der Waals surface area contributed by atoms with Gasteiger partial charge < -0.3 is 10.1 Å². The summed E-state index contributed by atoms with van der Waals surface area (Å²) in [7, 11) is 0. The van der Waals surface area contributed by atoms with Gasteiger partial charge in [0, 0.05) is 15.4 Å². The summed E-state index contributed by atoms with van der Waals surface area (Å²) in [5.41, 5.74) is 1.70. The lowest BCUT2D eigenvalue weighted by Gasteiger charge is -2.28. The largest absolute Gasteiger partial charge is 0.484 e. The molecule has 6 heteroatoms. The highest BCUT2D eigenvalue weighted by Gasteiger charge is 2.31. The number of para-hydroxylation sites is 1. The van der Waals surface area contributed by atoms with Crippen LogP contribution in [0.5, 0.6) is 5.75 Å². The van der Waals surface area contributed by atoms with Crippen LogP contribution in [-0.4, -0.2) is 17.3 Å². The molecule has 2 aromatic rings. The summed E-state index contributed by atoms with van der Waals surface area (Å²) < 4.78 is 5.58. The van der Waals surface area contributed by atoms with Gasteiger partial charge in [0.25, 0.3) is 5.91 Å². The van der Waals surface area contributed by atoms with Crippen LogP contribution in [0, 0.1) is 11.3 Å². The van der Waals surface area contributed by atoms with Crippen molar-refractivity contribution in [3.05, 3.63) is 46.3 Å². The number of nitriles is 1. The summed E-state index contributed by atoms with van der Waals surface area (Å²) in [5.74, 6) is 1.29. The van der Waals surface area contributed by atoms with E-state index in [1.165, 1.54) is 16.2 Å². The number of hydrogen-bond donors (Lipinski definition) is 1. The molecule has 0 bridgehead atoms. The average Bonchev–Trinajstić information content (AvgIpc) is 2.89. The molecule has 0 atom stereocenters. The Balaban J connectivity index is 1.70. The van der Waals surface area contributed by atoms with Crippen molar-refractivity contribution in [1.82, 2.24) is 0 Å². The topological polar surface area (TPSA) is 62.1 Å². The second-order valence-corrected chi connectivity index (χ2v) is 8.98. The van der Waals surface area contributed by atoms with E-state index in [0.717, 1.165) is 17.7 Å². The Morgan fingerprint density at radius 1 is 1.38 bits per heavy atom. The Labute approximate surface area is 149 Å². The van der Waals surface area contributed by atoms with Gasteiger partial charge in [-0.2, -0.15) is 5.26 Å². The summed E-state index contributed by atoms with van der Waals surface area (Å²) >= 11 is 3.39. The number of fused-ring (bicyclic) bond motifs is 1. The number of ether oxygens (including phenoxy) is 1. The fourth-order valence-corrected chi connectivity index (χ4v) is 4.92. The molecule has 0 unspecified atom stereocenters. The van der Waals surface area contributed by atoms with Crippen molar-refractivity contribution in [1.29, 1.82) is 5.26 Å². The predicted octanol–water partition coefficient (Wildman–Crippen LogP) is 4.21. The number of nitrogens with one attached hydrogen (secondary N) is 1. The van der Waals surface area contributed by atoms with E-state index in [-0.39, 0.29) is 17.3 Å². The Morgan fingerprint density at radius 2 is 2.12 bits per heavy atom. The monoisotopic (exact) mass is 358 g/mol. The molecule has 0 saturated carbocycles. The van der Waals surface area contributed by atoms with Gasteiger partial charge in [-0.15, -0.1) is 23.1 Å². The molecule has 0 fully saturated rings. The van der Waals surface area contributed by atoms with Crippen molar-refractivity contribution in [3.63, 3.8) is 0 Å². The third kappa shape index (κ3) is 3.74. The summed E-state index contributed by atoms with van der Waals surface area (Å²) in [5, 5.41) is 13.0. The zero-order valence-electron chi connectivity index (χ0n) is 13.6. The molecule has 0 aliphatic carbocycles. The molecule has 2 heterocycles. The third-order valence-corrected chi connectivity index (χ3v) is 6.45. The van der Waals surface area contributed by atoms with Crippen LogP contribution in [0.1, 0.15) is 29.9 Å². The number of carbonyl (C=O) groups is 1. The number of anilines is 1. The Bertz CT molecular complexity index is 791. The first-order valence-corrected chi connectivity index (χ1v) is 9.45. The van der Waals surface area contributed by atoms with Gasteiger partial charge in [-0.25, -0.2) is 0 Å².